The van der Waals surface area contributed by atoms with Gasteiger partial charge in [0.25, 0.3) is 0 Å². The number of nitrogen functional groups attached to an aromatic ring is 1. The van der Waals surface area contributed by atoms with Crippen molar-refractivity contribution in [3.05, 3.63) is 11.4 Å². The summed E-state index contributed by atoms with van der Waals surface area (Å²) in [6.45, 7) is 10.7. The van der Waals surface area contributed by atoms with E-state index in [1.807, 2.05) is 13.8 Å². The molecule has 1 aromatic rings. The van der Waals surface area contributed by atoms with Crippen molar-refractivity contribution in [2.45, 2.75) is 59.0 Å². The molecule has 0 bridgehead atoms. The van der Waals surface area contributed by atoms with E-state index in [-0.39, 0.29) is 11.5 Å². The lowest BCUT2D eigenvalue weighted by Gasteiger charge is -2.21. The summed E-state index contributed by atoms with van der Waals surface area (Å²) in [7, 11) is 0. The van der Waals surface area contributed by atoms with Crippen LogP contribution in [0.25, 0.3) is 0 Å². The van der Waals surface area contributed by atoms with Crippen LogP contribution in [0, 0.1) is 6.92 Å². The number of rotatable bonds is 6. The Kier molecular flexibility index (Phi) is 5.71. The lowest BCUT2D eigenvalue weighted by atomic mass is 9.95. The number of aliphatic hydroxyl groups excluding tert-OH is 1. The van der Waals surface area contributed by atoms with Gasteiger partial charge in [-0.3, -0.25) is 0 Å². The molecule has 0 aliphatic heterocycles. The molecule has 0 saturated carbocycles. The van der Waals surface area contributed by atoms with Gasteiger partial charge in [0.15, 0.2) is 0 Å². The second kappa shape index (κ2) is 6.85. The summed E-state index contributed by atoms with van der Waals surface area (Å²) in [5.74, 6) is 7.65. The Balaban J connectivity index is 2.94. The molecular weight excluding hydrogens is 254 g/mol. The van der Waals surface area contributed by atoms with Crippen LogP contribution in [0.5, 0.6) is 0 Å². The van der Waals surface area contributed by atoms with Crippen molar-refractivity contribution in [2.24, 2.45) is 5.84 Å². The molecule has 0 aliphatic rings. The van der Waals surface area contributed by atoms with Crippen molar-refractivity contribution in [2.75, 3.05) is 17.3 Å². The Hall–Kier alpha value is -1.40. The topological polar surface area (TPSA) is 96.1 Å². The maximum Gasteiger partial charge on any atom is 0.148 e. The maximum absolute atomic E-state index is 9.58. The standard InChI is InChI=1S/C14H27N5O/c1-6-10(20)7-8-16-11-9(2)12(19-15)18-13(17-11)14(3,4)5/h10,20H,6-8,15H2,1-5H3,(H2,16,17,18,19). The summed E-state index contributed by atoms with van der Waals surface area (Å²) in [4.78, 5) is 9.02. The highest BCUT2D eigenvalue weighted by Gasteiger charge is 2.20. The summed E-state index contributed by atoms with van der Waals surface area (Å²) in [5, 5.41) is 12.8. The first kappa shape index (κ1) is 16.7. The van der Waals surface area contributed by atoms with E-state index in [0.29, 0.717) is 18.8 Å². The summed E-state index contributed by atoms with van der Waals surface area (Å²) < 4.78 is 0. The predicted octanol–water partition coefficient (Wildman–Crippen LogP) is 1.94. The van der Waals surface area contributed by atoms with E-state index in [1.165, 1.54) is 0 Å². The predicted molar refractivity (Wildman–Crippen MR) is 82.7 cm³/mol. The number of nitrogens with one attached hydrogen (secondary N) is 2. The van der Waals surface area contributed by atoms with E-state index < -0.39 is 0 Å². The third kappa shape index (κ3) is 4.31. The Labute approximate surface area is 121 Å². The highest BCUT2D eigenvalue weighted by Crippen LogP contribution is 2.25. The average Bonchev–Trinajstić information content (AvgIpc) is 2.39. The quantitative estimate of drug-likeness (QED) is 0.470. The molecule has 0 saturated heterocycles. The zero-order chi connectivity index (χ0) is 15.3. The minimum Gasteiger partial charge on any atom is -0.393 e. The van der Waals surface area contributed by atoms with Crippen LogP contribution in [0.15, 0.2) is 0 Å². The first-order valence-electron chi connectivity index (χ1n) is 7.07. The SMILES string of the molecule is CCC(O)CCNc1nc(C(C)(C)C)nc(NN)c1C. The van der Waals surface area contributed by atoms with Gasteiger partial charge in [0, 0.05) is 17.5 Å². The van der Waals surface area contributed by atoms with E-state index in [2.05, 4.69) is 41.5 Å². The fourth-order valence-electron chi connectivity index (χ4n) is 1.73. The molecule has 0 aliphatic carbocycles. The monoisotopic (exact) mass is 281 g/mol. The van der Waals surface area contributed by atoms with Crippen LogP contribution in [0.2, 0.25) is 0 Å². The normalized spacial score (nSPS) is 13.2. The average molecular weight is 281 g/mol. The molecule has 114 valence electrons. The Morgan fingerprint density at radius 3 is 2.35 bits per heavy atom. The van der Waals surface area contributed by atoms with Crippen LogP contribution in [0.4, 0.5) is 11.6 Å². The number of hydrogen-bond donors (Lipinski definition) is 4. The molecule has 20 heavy (non-hydrogen) atoms. The lowest BCUT2D eigenvalue weighted by Crippen LogP contribution is -2.22. The number of nitrogens with two attached hydrogens (primary N) is 1. The van der Waals surface area contributed by atoms with Gasteiger partial charge in [-0.25, -0.2) is 15.8 Å². The van der Waals surface area contributed by atoms with Gasteiger partial charge in [-0.2, -0.15) is 0 Å². The molecule has 5 N–H and O–H groups in total. The first-order chi connectivity index (χ1) is 9.29. The number of hydrogen-bond acceptors (Lipinski definition) is 6. The minimum atomic E-state index is -0.279. The van der Waals surface area contributed by atoms with Gasteiger partial charge in [-0.1, -0.05) is 27.7 Å². The van der Waals surface area contributed by atoms with E-state index in [0.717, 1.165) is 23.6 Å². The van der Waals surface area contributed by atoms with E-state index in [1.54, 1.807) is 0 Å². The van der Waals surface area contributed by atoms with Gasteiger partial charge in [0.05, 0.1) is 6.10 Å². The van der Waals surface area contributed by atoms with Crippen LogP contribution in [0.3, 0.4) is 0 Å². The molecule has 0 aromatic carbocycles. The van der Waals surface area contributed by atoms with Gasteiger partial charge >= 0.3 is 0 Å². The molecule has 6 nitrogen and oxygen atoms in total. The van der Waals surface area contributed by atoms with Crippen molar-refractivity contribution in [3.63, 3.8) is 0 Å². The molecule has 6 heteroatoms. The summed E-state index contributed by atoms with van der Waals surface area (Å²) in [5.41, 5.74) is 3.34. The minimum absolute atomic E-state index is 0.154. The molecule has 0 amide bonds. The summed E-state index contributed by atoms with van der Waals surface area (Å²) in [6, 6.07) is 0. The summed E-state index contributed by atoms with van der Waals surface area (Å²) in [6.07, 6.45) is 1.17. The third-order valence-electron chi connectivity index (χ3n) is 3.19. The van der Waals surface area contributed by atoms with E-state index >= 15 is 0 Å². The van der Waals surface area contributed by atoms with Crippen LogP contribution < -0.4 is 16.6 Å². The van der Waals surface area contributed by atoms with Crippen LogP contribution in [0.1, 0.15) is 51.9 Å². The van der Waals surface area contributed by atoms with Crippen molar-refractivity contribution >= 4 is 11.6 Å². The zero-order valence-electron chi connectivity index (χ0n) is 13.1. The summed E-state index contributed by atoms with van der Waals surface area (Å²) >= 11 is 0. The Morgan fingerprint density at radius 2 is 1.85 bits per heavy atom. The molecule has 1 heterocycles. The second-order valence-electron chi connectivity index (χ2n) is 6.04. The zero-order valence-corrected chi connectivity index (χ0v) is 13.1. The van der Waals surface area contributed by atoms with Crippen molar-refractivity contribution in [1.82, 2.24) is 9.97 Å². The van der Waals surface area contributed by atoms with Crippen molar-refractivity contribution in [3.8, 4) is 0 Å². The smallest absolute Gasteiger partial charge is 0.148 e. The number of hydrazine groups is 1. The van der Waals surface area contributed by atoms with Crippen LogP contribution in [-0.4, -0.2) is 27.7 Å². The highest BCUT2D eigenvalue weighted by molar-refractivity contribution is 5.57. The molecule has 1 atom stereocenters. The van der Waals surface area contributed by atoms with Gasteiger partial charge in [0.2, 0.25) is 0 Å². The molecule has 1 rings (SSSR count). The fraction of sp³-hybridized carbons (Fsp3) is 0.714. The lowest BCUT2D eigenvalue weighted by molar-refractivity contribution is 0.164. The molecule has 1 aromatic heterocycles. The van der Waals surface area contributed by atoms with E-state index in [4.69, 9.17) is 5.84 Å². The molecule has 0 radical (unpaired) electrons. The van der Waals surface area contributed by atoms with Gasteiger partial charge < -0.3 is 15.8 Å². The number of nitrogens with zero attached hydrogens (tertiary/aromatic N) is 2. The largest absolute Gasteiger partial charge is 0.393 e. The second-order valence-corrected chi connectivity index (χ2v) is 6.04. The fourth-order valence-corrected chi connectivity index (χ4v) is 1.73. The first-order valence-corrected chi connectivity index (χ1v) is 7.07. The number of anilines is 2. The van der Waals surface area contributed by atoms with Gasteiger partial charge in [-0.15, -0.1) is 0 Å². The number of aliphatic hydroxyl groups is 1. The number of aromatic nitrogens is 2. The Morgan fingerprint density at radius 1 is 1.25 bits per heavy atom. The van der Waals surface area contributed by atoms with Crippen molar-refractivity contribution < 1.29 is 5.11 Å². The molecule has 0 fully saturated rings. The van der Waals surface area contributed by atoms with Crippen LogP contribution >= 0.6 is 0 Å². The van der Waals surface area contributed by atoms with Crippen molar-refractivity contribution in [1.29, 1.82) is 0 Å². The molecule has 0 spiro atoms. The molecule has 1 unspecified atom stereocenters. The highest BCUT2D eigenvalue weighted by atomic mass is 16.3. The maximum atomic E-state index is 9.58. The van der Waals surface area contributed by atoms with Gasteiger partial charge in [-0.05, 0) is 19.8 Å². The van der Waals surface area contributed by atoms with Gasteiger partial charge in [0.1, 0.15) is 17.5 Å². The van der Waals surface area contributed by atoms with E-state index in [9.17, 15) is 5.11 Å². The third-order valence-corrected chi connectivity index (χ3v) is 3.19. The van der Waals surface area contributed by atoms with Crippen LogP contribution in [-0.2, 0) is 5.41 Å². The molecular formula is C14H27N5O. The Bertz CT molecular complexity index is 442.